The summed E-state index contributed by atoms with van der Waals surface area (Å²) in [6, 6.07) is 15.4. The Hall–Kier alpha value is -2.38. The number of rotatable bonds is 7. The van der Waals surface area contributed by atoms with Crippen molar-refractivity contribution in [2.24, 2.45) is 0 Å². The van der Waals surface area contributed by atoms with Crippen LogP contribution in [0.3, 0.4) is 0 Å². The molecule has 1 amide bonds. The summed E-state index contributed by atoms with van der Waals surface area (Å²) in [5, 5.41) is 15.8. The Balaban J connectivity index is 1.50. The summed E-state index contributed by atoms with van der Waals surface area (Å²) in [5.41, 5.74) is 3.27. The van der Waals surface area contributed by atoms with Gasteiger partial charge in [0, 0.05) is 11.6 Å². The molecule has 0 aliphatic rings. The second-order valence-electron chi connectivity index (χ2n) is 5.66. The predicted molar refractivity (Wildman–Crippen MR) is 103 cm³/mol. The van der Waals surface area contributed by atoms with Crippen LogP contribution in [0.15, 0.2) is 53.7 Å². The maximum Gasteiger partial charge on any atom is 0.230 e. The Labute approximate surface area is 160 Å². The van der Waals surface area contributed by atoms with Gasteiger partial charge in [-0.2, -0.15) is 4.68 Å². The standard InChI is InChI=1S/C18H18ClN5OS/c1-13-4-2-3-5-14(13)10-11-20-17(25)12-26-18-21-22-23-24(18)16-8-6-15(19)7-9-16/h2-9H,10-12H2,1H3,(H,20,25). The third kappa shape index (κ3) is 4.83. The van der Waals surface area contributed by atoms with Crippen LogP contribution in [-0.2, 0) is 11.2 Å². The first-order chi connectivity index (χ1) is 12.6. The summed E-state index contributed by atoms with van der Waals surface area (Å²) in [5.74, 6) is 0.205. The number of halogens is 1. The number of carbonyl (C=O) groups excluding carboxylic acids is 1. The summed E-state index contributed by atoms with van der Waals surface area (Å²) in [6.45, 7) is 2.68. The van der Waals surface area contributed by atoms with Crippen LogP contribution in [0.25, 0.3) is 5.69 Å². The van der Waals surface area contributed by atoms with Crippen molar-refractivity contribution in [3.63, 3.8) is 0 Å². The fourth-order valence-corrected chi connectivity index (χ4v) is 3.27. The normalized spacial score (nSPS) is 10.7. The van der Waals surface area contributed by atoms with Crippen molar-refractivity contribution in [3.8, 4) is 5.69 Å². The molecule has 0 radical (unpaired) electrons. The van der Waals surface area contributed by atoms with Crippen LogP contribution >= 0.6 is 23.4 Å². The third-order valence-electron chi connectivity index (χ3n) is 3.82. The molecular formula is C18H18ClN5OS. The Morgan fingerprint density at radius 2 is 1.96 bits per heavy atom. The molecule has 26 heavy (non-hydrogen) atoms. The van der Waals surface area contributed by atoms with E-state index < -0.39 is 0 Å². The summed E-state index contributed by atoms with van der Waals surface area (Å²) in [4.78, 5) is 12.1. The fraction of sp³-hybridized carbons (Fsp3) is 0.222. The zero-order valence-electron chi connectivity index (χ0n) is 14.2. The molecule has 1 heterocycles. The van der Waals surface area contributed by atoms with Gasteiger partial charge in [0.15, 0.2) is 0 Å². The minimum atomic E-state index is -0.0470. The molecule has 0 aliphatic heterocycles. The topological polar surface area (TPSA) is 72.7 Å². The molecule has 134 valence electrons. The number of carbonyl (C=O) groups is 1. The van der Waals surface area contributed by atoms with Crippen molar-refractivity contribution in [1.29, 1.82) is 0 Å². The van der Waals surface area contributed by atoms with Gasteiger partial charge in [0.2, 0.25) is 11.1 Å². The number of hydrogen-bond acceptors (Lipinski definition) is 5. The summed E-state index contributed by atoms with van der Waals surface area (Å²) >= 11 is 7.19. The number of hydrogen-bond donors (Lipinski definition) is 1. The van der Waals surface area contributed by atoms with E-state index in [0.717, 1.165) is 12.1 Å². The Morgan fingerprint density at radius 1 is 1.19 bits per heavy atom. The van der Waals surface area contributed by atoms with Crippen LogP contribution in [0.5, 0.6) is 0 Å². The minimum absolute atomic E-state index is 0.0470. The molecule has 3 aromatic rings. The second kappa shape index (κ2) is 8.82. The number of benzene rings is 2. The lowest BCUT2D eigenvalue weighted by Crippen LogP contribution is -2.27. The van der Waals surface area contributed by atoms with Crippen LogP contribution in [-0.4, -0.2) is 38.4 Å². The molecule has 0 bridgehead atoms. The highest BCUT2D eigenvalue weighted by molar-refractivity contribution is 7.99. The van der Waals surface area contributed by atoms with Gasteiger partial charge in [-0.15, -0.1) is 5.10 Å². The molecule has 8 heteroatoms. The molecule has 0 atom stereocenters. The van der Waals surface area contributed by atoms with Crippen molar-refractivity contribution in [3.05, 3.63) is 64.7 Å². The summed E-state index contributed by atoms with van der Waals surface area (Å²) < 4.78 is 1.58. The van der Waals surface area contributed by atoms with Crippen molar-refractivity contribution >= 4 is 29.3 Å². The van der Waals surface area contributed by atoms with Gasteiger partial charge < -0.3 is 5.32 Å². The number of thioether (sulfide) groups is 1. The molecule has 0 saturated carbocycles. The van der Waals surface area contributed by atoms with E-state index in [1.807, 2.05) is 24.3 Å². The highest BCUT2D eigenvalue weighted by Crippen LogP contribution is 2.19. The van der Waals surface area contributed by atoms with Gasteiger partial charge in [0.25, 0.3) is 0 Å². The van der Waals surface area contributed by atoms with Crippen LogP contribution in [0, 0.1) is 6.92 Å². The SMILES string of the molecule is Cc1ccccc1CCNC(=O)CSc1nnnn1-c1ccc(Cl)cc1. The minimum Gasteiger partial charge on any atom is -0.355 e. The van der Waals surface area contributed by atoms with Gasteiger partial charge in [-0.05, 0) is 59.2 Å². The number of tetrazole rings is 1. The highest BCUT2D eigenvalue weighted by atomic mass is 35.5. The van der Waals surface area contributed by atoms with Crippen molar-refractivity contribution < 1.29 is 4.79 Å². The summed E-state index contributed by atoms with van der Waals surface area (Å²) in [6.07, 6.45) is 0.811. The molecule has 0 saturated heterocycles. The molecule has 0 spiro atoms. The molecule has 6 nitrogen and oxygen atoms in total. The lowest BCUT2D eigenvalue weighted by atomic mass is 10.1. The average molecular weight is 388 g/mol. The van der Waals surface area contributed by atoms with Crippen LogP contribution in [0.1, 0.15) is 11.1 Å². The van der Waals surface area contributed by atoms with E-state index in [1.165, 1.54) is 22.9 Å². The smallest absolute Gasteiger partial charge is 0.230 e. The molecular weight excluding hydrogens is 370 g/mol. The van der Waals surface area contributed by atoms with E-state index >= 15 is 0 Å². The monoisotopic (exact) mass is 387 g/mol. The Kier molecular flexibility index (Phi) is 6.25. The van der Waals surface area contributed by atoms with Gasteiger partial charge in [0.1, 0.15) is 0 Å². The first-order valence-electron chi connectivity index (χ1n) is 8.12. The number of nitrogens with zero attached hydrogens (tertiary/aromatic N) is 4. The van der Waals surface area contributed by atoms with Crippen LogP contribution < -0.4 is 5.32 Å². The van der Waals surface area contributed by atoms with Crippen molar-refractivity contribution in [1.82, 2.24) is 25.5 Å². The van der Waals surface area contributed by atoms with Crippen molar-refractivity contribution in [2.45, 2.75) is 18.5 Å². The lowest BCUT2D eigenvalue weighted by Gasteiger charge is -2.07. The number of nitrogens with one attached hydrogen (secondary N) is 1. The quantitative estimate of drug-likeness (QED) is 0.631. The largest absolute Gasteiger partial charge is 0.355 e. The maximum absolute atomic E-state index is 12.1. The van der Waals surface area contributed by atoms with E-state index in [2.05, 4.69) is 39.9 Å². The zero-order chi connectivity index (χ0) is 18.4. The van der Waals surface area contributed by atoms with Gasteiger partial charge in [-0.3, -0.25) is 4.79 Å². The first kappa shape index (κ1) is 18.4. The van der Waals surface area contributed by atoms with Gasteiger partial charge >= 0.3 is 0 Å². The highest BCUT2D eigenvalue weighted by Gasteiger charge is 2.11. The van der Waals surface area contributed by atoms with E-state index in [-0.39, 0.29) is 11.7 Å². The van der Waals surface area contributed by atoms with Crippen LogP contribution in [0.2, 0.25) is 5.02 Å². The average Bonchev–Trinajstić information content (AvgIpc) is 3.11. The lowest BCUT2D eigenvalue weighted by molar-refractivity contribution is -0.118. The van der Waals surface area contributed by atoms with E-state index in [1.54, 1.807) is 16.8 Å². The summed E-state index contributed by atoms with van der Waals surface area (Å²) in [7, 11) is 0. The molecule has 3 rings (SSSR count). The fourth-order valence-electron chi connectivity index (χ4n) is 2.42. The molecule has 1 N–H and O–H groups in total. The van der Waals surface area contributed by atoms with Crippen molar-refractivity contribution in [2.75, 3.05) is 12.3 Å². The zero-order valence-corrected chi connectivity index (χ0v) is 15.8. The Morgan fingerprint density at radius 3 is 2.73 bits per heavy atom. The molecule has 2 aromatic carbocycles. The second-order valence-corrected chi connectivity index (χ2v) is 7.04. The molecule has 0 unspecified atom stereocenters. The van der Waals surface area contributed by atoms with Crippen LogP contribution in [0.4, 0.5) is 0 Å². The number of amides is 1. The van der Waals surface area contributed by atoms with E-state index in [9.17, 15) is 4.79 Å². The number of aromatic nitrogens is 4. The third-order valence-corrected chi connectivity index (χ3v) is 4.99. The van der Waals surface area contributed by atoms with Gasteiger partial charge in [-0.25, -0.2) is 0 Å². The predicted octanol–water partition coefficient (Wildman–Crippen LogP) is 3.08. The van der Waals surface area contributed by atoms with Gasteiger partial charge in [0.05, 0.1) is 11.4 Å². The Bertz CT molecular complexity index is 881. The molecule has 0 aliphatic carbocycles. The number of aryl methyl sites for hydroxylation is 1. The first-order valence-corrected chi connectivity index (χ1v) is 9.48. The molecule has 1 aromatic heterocycles. The van der Waals surface area contributed by atoms with E-state index in [4.69, 9.17) is 11.6 Å². The maximum atomic E-state index is 12.1. The van der Waals surface area contributed by atoms with Gasteiger partial charge in [-0.1, -0.05) is 47.6 Å². The van der Waals surface area contributed by atoms with E-state index in [0.29, 0.717) is 16.7 Å². The molecule has 0 fully saturated rings.